The minimum Gasteiger partial charge on any atom is -0.258 e. The van der Waals surface area contributed by atoms with E-state index in [2.05, 4.69) is 0 Å². The first kappa shape index (κ1) is 10.7. The van der Waals surface area contributed by atoms with Crippen LogP contribution < -0.4 is 0 Å². The monoisotopic (exact) mass is 201 g/mol. The molecule has 0 aliphatic rings. The van der Waals surface area contributed by atoms with Gasteiger partial charge in [-0.3, -0.25) is 10.1 Å². The second-order valence-electron chi connectivity index (χ2n) is 2.96. The van der Waals surface area contributed by atoms with Crippen LogP contribution in [0.1, 0.15) is 16.7 Å². The number of nitrogens with zero attached hydrogens (tertiary/aromatic N) is 3. The second-order valence-corrected chi connectivity index (χ2v) is 2.96. The zero-order valence-corrected chi connectivity index (χ0v) is 8.02. The first-order chi connectivity index (χ1) is 7.11. The van der Waals surface area contributed by atoms with E-state index in [-0.39, 0.29) is 23.2 Å². The van der Waals surface area contributed by atoms with Gasteiger partial charge in [0, 0.05) is 6.07 Å². The molecule has 74 valence electrons. The van der Waals surface area contributed by atoms with Gasteiger partial charge in [0.2, 0.25) is 0 Å². The van der Waals surface area contributed by atoms with Crippen molar-refractivity contribution in [3.8, 4) is 12.1 Å². The quantitative estimate of drug-likeness (QED) is 0.539. The van der Waals surface area contributed by atoms with Crippen molar-refractivity contribution < 1.29 is 4.92 Å². The number of nitriles is 2. The van der Waals surface area contributed by atoms with Crippen molar-refractivity contribution in [2.45, 2.75) is 13.3 Å². The smallest absolute Gasteiger partial charge is 0.258 e. The van der Waals surface area contributed by atoms with Gasteiger partial charge in [-0.1, -0.05) is 6.07 Å². The van der Waals surface area contributed by atoms with E-state index in [1.54, 1.807) is 6.92 Å². The lowest BCUT2D eigenvalue weighted by molar-refractivity contribution is -0.385. The Kier molecular flexibility index (Phi) is 3.00. The number of hydrogen-bond acceptors (Lipinski definition) is 4. The number of aryl methyl sites for hydroxylation is 1. The highest BCUT2D eigenvalue weighted by atomic mass is 16.6. The van der Waals surface area contributed by atoms with Gasteiger partial charge in [0.05, 0.1) is 34.6 Å². The molecule has 0 amide bonds. The molecular weight excluding hydrogens is 194 g/mol. The molecule has 5 heteroatoms. The van der Waals surface area contributed by atoms with E-state index in [1.807, 2.05) is 12.1 Å². The van der Waals surface area contributed by atoms with E-state index in [0.717, 1.165) is 0 Å². The molecule has 0 radical (unpaired) electrons. The van der Waals surface area contributed by atoms with Gasteiger partial charge in [-0.25, -0.2) is 0 Å². The molecular formula is C10H7N3O2. The summed E-state index contributed by atoms with van der Waals surface area (Å²) in [5.74, 6) is 0. The van der Waals surface area contributed by atoms with Crippen LogP contribution in [0.2, 0.25) is 0 Å². The summed E-state index contributed by atoms with van der Waals surface area (Å²) in [5, 5.41) is 28.1. The number of rotatable bonds is 2. The van der Waals surface area contributed by atoms with Crippen molar-refractivity contribution in [2.24, 2.45) is 0 Å². The Hall–Kier alpha value is -2.40. The summed E-state index contributed by atoms with van der Waals surface area (Å²) in [6.07, 6.45) is -0.124. The van der Waals surface area contributed by atoms with Gasteiger partial charge in [0.25, 0.3) is 5.69 Å². The Bertz CT molecular complexity index is 495. The zero-order chi connectivity index (χ0) is 11.4. The van der Waals surface area contributed by atoms with Crippen LogP contribution in [0, 0.1) is 39.7 Å². The highest BCUT2D eigenvalue weighted by molar-refractivity contribution is 5.55. The van der Waals surface area contributed by atoms with Crippen molar-refractivity contribution in [3.05, 3.63) is 38.9 Å². The van der Waals surface area contributed by atoms with E-state index in [0.29, 0.717) is 5.56 Å². The molecule has 0 unspecified atom stereocenters. The molecule has 5 nitrogen and oxygen atoms in total. The maximum absolute atomic E-state index is 10.7. The van der Waals surface area contributed by atoms with Crippen LogP contribution in [0.25, 0.3) is 0 Å². The molecule has 1 aromatic carbocycles. The number of nitro groups is 1. The Morgan fingerprint density at radius 1 is 1.47 bits per heavy atom. The lowest BCUT2D eigenvalue weighted by Crippen LogP contribution is -1.99. The van der Waals surface area contributed by atoms with Crippen molar-refractivity contribution in [1.29, 1.82) is 10.5 Å². The highest BCUT2D eigenvalue weighted by Gasteiger charge is 2.18. The molecule has 0 atom stereocenters. The van der Waals surface area contributed by atoms with E-state index in [9.17, 15) is 10.1 Å². The summed E-state index contributed by atoms with van der Waals surface area (Å²) in [5.41, 5.74) is 0.905. The number of nitro benzene ring substituents is 1. The molecule has 1 aromatic rings. The van der Waals surface area contributed by atoms with Crippen LogP contribution in [0.3, 0.4) is 0 Å². The van der Waals surface area contributed by atoms with Gasteiger partial charge in [-0.2, -0.15) is 10.5 Å². The van der Waals surface area contributed by atoms with Crippen LogP contribution in [-0.2, 0) is 6.42 Å². The topological polar surface area (TPSA) is 90.7 Å². The average Bonchev–Trinajstić information content (AvgIpc) is 2.18. The van der Waals surface area contributed by atoms with E-state index < -0.39 is 4.92 Å². The van der Waals surface area contributed by atoms with Gasteiger partial charge in [0.15, 0.2) is 0 Å². The molecule has 0 aromatic heterocycles. The Morgan fingerprint density at radius 3 is 2.60 bits per heavy atom. The Labute approximate surface area is 86.3 Å². The van der Waals surface area contributed by atoms with E-state index in [1.165, 1.54) is 12.1 Å². The highest BCUT2D eigenvalue weighted by Crippen LogP contribution is 2.24. The summed E-state index contributed by atoms with van der Waals surface area (Å²) in [4.78, 5) is 10.1. The maximum Gasteiger partial charge on any atom is 0.274 e. The van der Waals surface area contributed by atoms with Crippen molar-refractivity contribution in [3.63, 3.8) is 0 Å². The summed E-state index contributed by atoms with van der Waals surface area (Å²) in [7, 11) is 0. The molecule has 0 aliphatic carbocycles. The lowest BCUT2D eigenvalue weighted by atomic mass is 9.99. The maximum atomic E-state index is 10.7. The van der Waals surface area contributed by atoms with Crippen molar-refractivity contribution >= 4 is 5.69 Å². The second kappa shape index (κ2) is 4.21. The van der Waals surface area contributed by atoms with Crippen LogP contribution in [0.5, 0.6) is 0 Å². The minimum atomic E-state index is -0.576. The predicted octanol–water partition coefficient (Wildman–Crippen LogP) is 1.84. The number of benzene rings is 1. The third kappa shape index (κ3) is 1.92. The van der Waals surface area contributed by atoms with Crippen LogP contribution in [0.15, 0.2) is 12.1 Å². The Morgan fingerprint density at radius 2 is 2.13 bits per heavy atom. The van der Waals surface area contributed by atoms with Crippen molar-refractivity contribution in [2.75, 3.05) is 0 Å². The van der Waals surface area contributed by atoms with Crippen molar-refractivity contribution in [1.82, 2.24) is 0 Å². The van der Waals surface area contributed by atoms with Gasteiger partial charge in [-0.05, 0) is 12.5 Å². The molecule has 0 aliphatic heterocycles. The van der Waals surface area contributed by atoms with Crippen LogP contribution >= 0.6 is 0 Å². The molecule has 0 spiro atoms. The average molecular weight is 201 g/mol. The molecule has 0 bridgehead atoms. The predicted molar refractivity (Wildman–Crippen MR) is 51.9 cm³/mol. The van der Waals surface area contributed by atoms with Gasteiger partial charge >= 0.3 is 0 Å². The van der Waals surface area contributed by atoms with E-state index in [4.69, 9.17) is 10.5 Å². The third-order valence-electron chi connectivity index (χ3n) is 2.06. The standard InChI is InChI=1S/C10H7N3O2/c1-7-2-3-10(13(14)15)8(4-5-11)9(7)6-12/h2-3H,4H2,1H3. The van der Waals surface area contributed by atoms with Crippen LogP contribution in [-0.4, -0.2) is 4.92 Å². The fourth-order valence-corrected chi connectivity index (χ4v) is 1.34. The molecule has 0 saturated carbocycles. The first-order valence-corrected chi connectivity index (χ1v) is 4.15. The molecule has 15 heavy (non-hydrogen) atoms. The SMILES string of the molecule is Cc1ccc([N+](=O)[O-])c(CC#N)c1C#N. The minimum absolute atomic E-state index is 0.124. The van der Waals surface area contributed by atoms with Crippen LogP contribution in [0.4, 0.5) is 5.69 Å². The fourth-order valence-electron chi connectivity index (χ4n) is 1.34. The third-order valence-corrected chi connectivity index (χ3v) is 2.06. The lowest BCUT2D eigenvalue weighted by Gasteiger charge is -2.03. The van der Waals surface area contributed by atoms with E-state index >= 15 is 0 Å². The summed E-state index contributed by atoms with van der Waals surface area (Å²) < 4.78 is 0. The fraction of sp³-hybridized carbons (Fsp3) is 0.200. The summed E-state index contributed by atoms with van der Waals surface area (Å²) in [6.45, 7) is 1.68. The molecule has 0 N–H and O–H groups in total. The number of hydrogen-bond donors (Lipinski definition) is 0. The largest absolute Gasteiger partial charge is 0.274 e. The Balaban J connectivity index is 3.52. The van der Waals surface area contributed by atoms with Gasteiger partial charge < -0.3 is 0 Å². The summed E-state index contributed by atoms with van der Waals surface area (Å²) in [6, 6.07) is 6.55. The summed E-state index contributed by atoms with van der Waals surface area (Å²) >= 11 is 0. The van der Waals surface area contributed by atoms with Gasteiger partial charge in [-0.15, -0.1) is 0 Å². The zero-order valence-electron chi connectivity index (χ0n) is 8.02. The molecule has 0 fully saturated rings. The van der Waals surface area contributed by atoms with Gasteiger partial charge in [0.1, 0.15) is 0 Å². The first-order valence-electron chi connectivity index (χ1n) is 4.15. The normalized spacial score (nSPS) is 9.00. The molecule has 1 rings (SSSR count). The molecule has 0 heterocycles. The molecule has 0 saturated heterocycles.